The zero-order valence-electron chi connectivity index (χ0n) is 14.3. The molecule has 7 nitrogen and oxygen atoms in total. The van der Waals surface area contributed by atoms with Gasteiger partial charge in [-0.3, -0.25) is 4.90 Å². The molecule has 1 fully saturated rings. The Balaban J connectivity index is 1.67. The average Bonchev–Trinajstić information content (AvgIpc) is 2.62. The molecule has 25 heavy (non-hydrogen) atoms. The highest BCUT2D eigenvalue weighted by Gasteiger charge is 2.32. The molecule has 0 aliphatic carbocycles. The quantitative estimate of drug-likeness (QED) is 0.784. The first-order chi connectivity index (χ1) is 12.1. The minimum Gasteiger partial charge on any atom is -0.461 e. The van der Waals surface area contributed by atoms with Gasteiger partial charge in [-0.1, -0.05) is 30.3 Å². The van der Waals surface area contributed by atoms with E-state index in [-0.39, 0.29) is 6.03 Å². The van der Waals surface area contributed by atoms with Crippen molar-refractivity contribution in [3.63, 3.8) is 0 Å². The molecule has 1 unspecified atom stereocenters. The number of hydrogen-bond acceptors (Lipinski definition) is 5. The summed E-state index contributed by atoms with van der Waals surface area (Å²) in [4.78, 5) is 26.6. The Hall–Kier alpha value is -2.38. The highest BCUT2D eigenvalue weighted by molar-refractivity contribution is 5.95. The summed E-state index contributed by atoms with van der Waals surface area (Å²) in [5, 5.41) is 5.45. The fourth-order valence-corrected chi connectivity index (χ4v) is 3.03. The molecule has 0 radical (unpaired) electrons. The number of benzene rings is 1. The van der Waals surface area contributed by atoms with Crippen molar-refractivity contribution in [3.8, 4) is 0 Å². The SMILES string of the molecule is CC1=C(C(=O)OCCN2CCOCC2)C(c2ccccc2)NC(=O)N1. The van der Waals surface area contributed by atoms with E-state index in [4.69, 9.17) is 9.47 Å². The van der Waals surface area contributed by atoms with Gasteiger partial charge in [-0.25, -0.2) is 9.59 Å². The number of ether oxygens (including phenoxy) is 2. The summed E-state index contributed by atoms with van der Waals surface area (Å²) >= 11 is 0. The van der Waals surface area contributed by atoms with E-state index in [0.717, 1.165) is 18.7 Å². The van der Waals surface area contributed by atoms with Crippen LogP contribution in [0.25, 0.3) is 0 Å². The Morgan fingerprint density at radius 3 is 2.72 bits per heavy atom. The molecule has 2 heterocycles. The van der Waals surface area contributed by atoms with Gasteiger partial charge in [0.05, 0.1) is 24.8 Å². The summed E-state index contributed by atoms with van der Waals surface area (Å²) in [6.45, 7) is 5.83. The average molecular weight is 345 g/mol. The summed E-state index contributed by atoms with van der Waals surface area (Å²) in [6, 6.07) is 8.57. The van der Waals surface area contributed by atoms with E-state index in [1.807, 2.05) is 30.3 Å². The topological polar surface area (TPSA) is 79.9 Å². The third-order valence-electron chi connectivity index (χ3n) is 4.37. The van der Waals surface area contributed by atoms with E-state index in [9.17, 15) is 9.59 Å². The van der Waals surface area contributed by atoms with E-state index in [2.05, 4.69) is 15.5 Å². The van der Waals surface area contributed by atoms with Crippen LogP contribution in [0, 0.1) is 0 Å². The molecule has 0 saturated carbocycles. The van der Waals surface area contributed by atoms with Crippen molar-refractivity contribution >= 4 is 12.0 Å². The van der Waals surface area contributed by atoms with Crippen molar-refractivity contribution in [2.45, 2.75) is 13.0 Å². The zero-order chi connectivity index (χ0) is 17.6. The second kappa shape index (κ2) is 8.13. The molecule has 2 N–H and O–H groups in total. The molecule has 1 atom stereocenters. The van der Waals surface area contributed by atoms with Gasteiger partial charge in [0, 0.05) is 25.3 Å². The number of amides is 2. The van der Waals surface area contributed by atoms with Gasteiger partial charge in [0.25, 0.3) is 0 Å². The Bertz CT molecular complexity index is 654. The maximum Gasteiger partial charge on any atom is 0.338 e. The third kappa shape index (κ3) is 4.37. The number of morpholine rings is 1. The Morgan fingerprint density at radius 2 is 2.00 bits per heavy atom. The lowest BCUT2D eigenvalue weighted by Crippen LogP contribution is -2.45. The number of hydrogen-bond donors (Lipinski definition) is 2. The van der Waals surface area contributed by atoms with E-state index in [1.165, 1.54) is 0 Å². The Labute approximate surface area is 147 Å². The molecule has 7 heteroatoms. The van der Waals surface area contributed by atoms with Crippen molar-refractivity contribution in [1.82, 2.24) is 15.5 Å². The molecular formula is C18H23N3O4. The Kier molecular flexibility index (Phi) is 5.67. The molecule has 0 aromatic heterocycles. The first kappa shape index (κ1) is 17.4. The van der Waals surface area contributed by atoms with Crippen LogP contribution in [-0.4, -0.2) is 56.4 Å². The van der Waals surface area contributed by atoms with E-state index in [0.29, 0.717) is 37.6 Å². The summed E-state index contributed by atoms with van der Waals surface area (Å²) < 4.78 is 10.8. The number of allylic oxidation sites excluding steroid dienone is 1. The number of esters is 1. The fraction of sp³-hybridized carbons (Fsp3) is 0.444. The lowest BCUT2D eigenvalue weighted by Gasteiger charge is -2.29. The van der Waals surface area contributed by atoms with Gasteiger partial charge < -0.3 is 20.1 Å². The highest BCUT2D eigenvalue weighted by Crippen LogP contribution is 2.27. The first-order valence-electron chi connectivity index (χ1n) is 8.45. The summed E-state index contributed by atoms with van der Waals surface area (Å²) in [6.07, 6.45) is 0. The molecule has 1 aromatic rings. The van der Waals surface area contributed by atoms with Crippen molar-refractivity contribution in [2.75, 3.05) is 39.5 Å². The number of carbonyl (C=O) groups excluding carboxylic acids is 2. The van der Waals surface area contributed by atoms with Crippen LogP contribution in [0.5, 0.6) is 0 Å². The molecular weight excluding hydrogens is 322 g/mol. The number of urea groups is 1. The summed E-state index contributed by atoms with van der Waals surface area (Å²) in [5.41, 5.74) is 1.80. The molecule has 2 amide bonds. The standard InChI is InChI=1S/C18H23N3O4/c1-13-15(17(22)25-12-9-21-7-10-24-11-8-21)16(20-18(23)19-13)14-5-3-2-4-6-14/h2-6,16H,7-12H2,1H3,(H2,19,20,23). The van der Waals surface area contributed by atoms with E-state index >= 15 is 0 Å². The van der Waals surface area contributed by atoms with Crippen molar-refractivity contribution in [3.05, 3.63) is 47.2 Å². The lowest BCUT2D eigenvalue weighted by atomic mass is 9.96. The van der Waals surface area contributed by atoms with Gasteiger partial charge in [0.1, 0.15) is 6.61 Å². The van der Waals surface area contributed by atoms with Crippen molar-refractivity contribution < 1.29 is 19.1 Å². The largest absolute Gasteiger partial charge is 0.461 e. The van der Waals surface area contributed by atoms with Gasteiger partial charge in [0.2, 0.25) is 0 Å². The molecule has 0 spiro atoms. The van der Waals surface area contributed by atoms with Crippen molar-refractivity contribution in [2.24, 2.45) is 0 Å². The smallest absolute Gasteiger partial charge is 0.338 e. The van der Waals surface area contributed by atoms with Crippen LogP contribution in [-0.2, 0) is 14.3 Å². The van der Waals surface area contributed by atoms with E-state index < -0.39 is 12.0 Å². The number of nitrogens with zero attached hydrogens (tertiary/aromatic N) is 1. The normalized spacial score (nSPS) is 21.5. The minimum atomic E-state index is -0.508. The molecule has 2 aliphatic heterocycles. The lowest BCUT2D eigenvalue weighted by molar-refractivity contribution is -0.140. The number of nitrogens with one attached hydrogen (secondary N) is 2. The van der Waals surface area contributed by atoms with Crippen LogP contribution in [0.2, 0.25) is 0 Å². The van der Waals surface area contributed by atoms with Gasteiger partial charge >= 0.3 is 12.0 Å². The van der Waals surface area contributed by atoms with Crippen LogP contribution in [0.4, 0.5) is 4.79 Å². The van der Waals surface area contributed by atoms with Gasteiger partial charge in [-0.15, -0.1) is 0 Å². The zero-order valence-corrected chi connectivity index (χ0v) is 14.3. The molecule has 0 bridgehead atoms. The molecule has 2 aliphatic rings. The monoisotopic (exact) mass is 345 g/mol. The molecule has 1 aromatic carbocycles. The van der Waals surface area contributed by atoms with Gasteiger partial charge in [-0.05, 0) is 12.5 Å². The molecule has 3 rings (SSSR count). The first-order valence-corrected chi connectivity index (χ1v) is 8.45. The van der Waals surface area contributed by atoms with E-state index in [1.54, 1.807) is 6.92 Å². The van der Waals surface area contributed by atoms with Gasteiger partial charge in [0.15, 0.2) is 0 Å². The summed E-state index contributed by atoms with van der Waals surface area (Å²) in [5.74, 6) is -0.410. The van der Waals surface area contributed by atoms with Crippen LogP contribution < -0.4 is 10.6 Å². The predicted octanol–water partition coefficient (Wildman–Crippen LogP) is 1.19. The third-order valence-corrected chi connectivity index (χ3v) is 4.37. The molecule has 1 saturated heterocycles. The second-order valence-corrected chi connectivity index (χ2v) is 6.07. The van der Waals surface area contributed by atoms with Gasteiger partial charge in [-0.2, -0.15) is 0 Å². The molecule has 134 valence electrons. The maximum atomic E-state index is 12.6. The minimum absolute atomic E-state index is 0.311. The highest BCUT2D eigenvalue weighted by atomic mass is 16.5. The predicted molar refractivity (Wildman–Crippen MR) is 91.8 cm³/mol. The Morgan fingerprint density at radius 1 is 1.28 bits per heavy atom. The number of rotatable bonds is 5. The van der Waals surface area contributed by atoms with Crippen LogP contribution in [0.15, 0.2) is 41.6 Å². The fourth-order valence-electron chi connectivity index (χ4n) is 3.03. The van der Waals surface area contributed by atoms with Crippen LogP contribution in [0.3, 0.4) is 0 Å². The summed E-state index contributed by atoms with van der Waals surface area (Å²) in [7, 11) is 0. The van der Waals surface area contributed by atoms with Crippen LogP contribution in [0.1, 0.15) is 18.5 Å². The maximum absolute atomic E-state index is 12.6. The number of carbonyl (C=O) groups is 2. The van der Waals surface area contributed by atoms with Crippen LogP contribution >= 0.6 is 0 Å². The van der Waals surface area contributed by atoms with Crippen molar-refractivity contribution in [1.29, 1.82) is 0 Å². The second-order valence-electron chi connectivity index (χ2n) is 6.07.